The van der Waals surface area contributed by atoms with Gasteiger partial charge in [0.15, 0.2) is 0 Å². The molecule has 2 aromatic heterocycles. The third-order valence-electron chi connectivity index (χ3n) is 4.76. The fourth-order valence-corrected chi connectivity index (χ4v) is 3.07. The molecule has 3 rings (SSSR count). The summed E-state index contributed by atoms with van der Waals surface area (Å²) in [6, 6.07) is 5.63. The number of urea groups is 1. The first kappa shape index (κ1) is 19.0. The number of hydrogen-bond donors (Lipinski definition) is 2. The third-order valence-corrected chi connectivity index (χ3v) is 4.76. The Morgan fingerprint density at radius 1 is 1.19 bits per heavy atom. The molecular weight excluding hydrogens is 342 g/mol. The van der Waals surface area contributed by atoms with Gasteiger partial charge < -0.3 is 15.5 Å². The molecule has 1 aliphatic heterocycles. The van der Waals surface area contributed by atoms with Crippen molar-refractivity contribution in [3.63, 3.8) is 0 Å². The van der Waals surface area contributed by atoms with E-state index in [0.717, 1.165) is 31.0 Å². The average Bonchev–Trinajstić information content (AvgIpc) is 2.83. The van der Waals surface area contributed by atoms with Crippen LogP contribution in [0.15, 0.2) is 24.4 Å². The highest BCUT2D eigenvalue weighted by Gasteiger charge is 2.23. The number of anilines is 3. The molecule has 8 heteroatoms. The van der Waals surface area contributed by atoms with Gasteiger partial charge in [0.1, 0.15) is 11.6 Å². The molecule has 0 bridgehead atoms. The number of nitrogens with two attached hydrogens (primary N) is 1. The summed E-state index contributed by atoms with van der Waals surface area (Å²) < 4.78 is 1.72. The fourth-order valence-electron chi connectivity index (χ4n) is 3.07. The third kappa shape index (κ3) is 4.50. The first-order valence-corrected chi connectivity index (χ1v) is 9.31. The Morgan fingerprint density at radius 2 is 1.96 bits per heavy atom. The zero-order valence-electron chi connectivity index (χ0n) is 16.6. The van der Waals surface area contributed by atoms with E-state index < -0.39 is 0 Å². The van der Waals surface area contributed by atoms with E-state index in [1.807, 2.05) is 30.1 Å². The van der Waals surface area contributed by atoms with Crippen molar-refractivity contribution in [1.29, 1.82) is 0 Å². The Balaban J connectivity index is 1.63. The van der Waals surface area contributed by atoms with Crippen LogP contribution in [0.1, 0.15) is 32.9 Å². The Kier molecular flexibility index (Phi) is 5.25. The molecule has 0 spiro atoms. The lowest BCUT2D eigenvalue weighted by Gasteiger charge is -2.23. The van der Waals surface area contributed by atoms with Gasteiger partial charge in [-0.1, -0.05) is 20.8 Å². The van der Waals surface area contributed by atoms with Crippen molar-refractivity contribution >= 4 is 23.4 Å². The van der Waals surface area contributed by atoms with Gasteiger partial charge in [-0.05, 0) is 18.6 Å². The molecule has 0 atom stereocenters. The summed E-state index contributed by atoms with van der Waals surface area (Å²) in [6.07, 6.45) is 2.55. The largest absolute Gasteiger partial charge is 0.397 e. The van der Waals surface area contributed by atoms with Gasteiger partial charge in [0.05, 0.1) is 17.6 Å². The summed E-state index contributed by atoms with van der Waals surface area (Å²) in [4.78, 5) is 21.2. The number of aryl methyl sites for hydroxylation is 1. The predicted octanol–water partition coefficient (Wildman–Crippen LogP) is 2.44. The lowest BCUT2D eigenvalue weighted by Crippen LogP contribution is -2.38. The number of pyridine rings is 1. The lowest BCUT2D eigenvalue weighted by molar-refractivity contribution is 0.215. The molecule has 8 nitrogen and oxygen atoms in total. The van der Waals surface area contributed by atoms with Gasteiger partial charge in [-0.15, -0.1) is 0 Å². The minimum absolute atomic E-state index is 0.0596. The molecule has 27 heavy (non-hydrogen) atoms. The molecule has 0 radical (unpaired) electrons. The van der Waals surface area contributed by atoms with Gasteiger partial charge in [-0.3, -0.25) is 10.00 Å². The SMILES string of the molecule is Cn1nc(C(C)(C)C)cc1NC(=O)N1CCCN(c2ccc(N)cn2)CC1. The molecule has 146 valence electrons. The van der Waals surface area contributed by atoms with E-state index in [1.54, 1.807) is 10.9 Å². The van der Waals surface area contributed by atoms with Crippen molar-refractivity contribution in [3.05, 3.63) is 30.1 Å². The second kappa shape index (κ2) is 7.46. The summed E-state index contributed by atoms with van der Waals surface area (Å²) in [6.45, 7) is 9.27. The molecule has 3 heterocycles. The number of nitrogen functional groups attached to an aromatic ring is 1. The van der Waals surface area contributed by atoms with Crippen molar-refractivity contribution < 1.29 is 4.79 Å². The molecule has 0 saturated carbocycles. The minimum Gasteiger partial charge on any atom is -0.397 e. The van der Waals surface area contributed by atoms with Crippen LogP contribution in [0.3, 0.4) is 0 Å². The Bertz CT molecular complexity index is 791. The van der Waals surface area contributed by atoms with Crippen LogP contribution in [0, 0.1) is 0 Å². The maximum Gasteiger partial charge on any atom is 0.323 e. The van der Waals surface area contributed by atoms with Crippen LogP contribution < -0.4 is 16.0 Å². The van der Waals surface area contributed by atoms with Crippen LogP contribution in [-0.4, -0.2) is 51.9 Å². The van der Waals surface area contributed by atoms with Crippen LogP contribution in [-0.2, 0) is 12.5 Å². The van der Waals surface area contributed by atoms with Crippen LogP contribution in [0.25, 0.3) is 0 Å². The minimum atomic E-state index is -0.0921. The van der Waals surface area contributed by atoms with E-state index in [2.05, 4.69) is 41.1 Å². The normalized spacial score (nSPS) is 15.6. The summed E-state index contributed by atoms with van der Waals surface area (Å²) in [7, 11) is 1.85. The van der Waals surface area contributed by atoms with Crippen molar-refractivity contribution in [2.75, 3.05) is 42.1 Å². The fraction of sp³-hybridized carbons (Fsp3) is 0.526. The van der Waals surface area contributed by atoms with Crippen molar-refractivity contribution in [2.45, 2.75) is 32.6 Å². The molecule has 0 unspecified atom stereocenters. The second-order valence-corrected chi connectivity index (χ2v) is 8.00. The smallest absolute Gasteiger partial charge is 0.323 e. The van der Waals surface area contributed by atoms with Crippen LogP contribution in [0.2, 0.25) is 0 Å². The Labute approximate surface area is 160 Å². The van der Waals surface area contributed by atoms with Crippen LogP contribution in [0.4, 0.5) is 22.1 Å². The van der Waals surface area contributed by atoms with Crippen molar-refractivity contribution in [1.82, 2.24) is 19.7 Å². The van der Waals surface area contributed by atoms with Crippen LogP contribution in [0.5, 0.6) is 0 Å². The summed E-state index contributed by atoms with van der Waals surface area (Å²) in [5.74, 6) is 1.61. The first-order chi connectivity index (χ1) is 12.7. The van der Waals surface area contributed by atoms with E-state index in [-0.39, 0.29) is 11.4 Å². The highest BCUT2D eigenvalue weighted by molar-refractivity contribution is 5.88. The number of hydrogen-bond acceptors (Lipinski definition) is 5. The highest BCUT2D eigenvalue weighted by atomic mass is 16.2. The van der Waals surface area contributed by atoms with Gasteiger partial charge in [0.2, 0.25) is 0 Å². The number of nitrogens with zero attached hydrogens (tertiary/aromatic N) is 5. The van der Waals surface area contributed by atoms with Gasteiger partial charge >= 0.3 is 6.03 Å². The quantitative estimate of drug-likeness (QED) is 0.846. The van der Waals surface area contributed by atoms with Gasteiger partial charge in [-0.25, -0.2) is 9.78 Å². The number of rotatable bonds is 2. The zero-order valence-corrected chi connectivity index (χ0v) is 16.6. The molecule has 2 aromatic rings. The summed E-state index contributed by atoms with van der Waals surface area (Å²) in [5, 5.41) is 7.51. The lowest BCUT2D eigenvalue weighted by atomic mass is 9.92. The summed E-state index contributed by atoms with van der Waals surface area (Å²) >= 11 is 0. The molecule has 0 aliphatic carbocycles. The topological polar surface area (TPSA) is 92.3 Å². The summed E-state index contributed by atoms with van der Waals surface area (Å²) in [5.41, 5.74) is 7.26. The molecule has 2 amide bonds. The molecule has 1 aliphatic rings. The molecule has 1 saturated heterocycles. The van der Waals surface area contributed by atoms with Crippen LogP contribution >= 0.6 is 0 Å². The number of carbonyl (C=O) groups is 1. The van der Waals surface area contributed by atoms with Gasteiger partial charge in [0, 0.05) is 44.7 Å². The number of amides is 2. The highest BCUT2D eigenvalue weighted by Crippen LogP contribution is 2.23. The number of aromatic nitrogens is 3. The number of nitrogens with one attached hydrogen (secondary N) is 1. The maximum absolute atomic E-state index is 12.7. The molecule has 0 aromatic carbocycles. The monoisotopic (exact) mass is 371 g/mol. The standard InChI is InChI=1S/C19H29N7O/c1-19(2,3)15-12-17(24(4)23-15)22-18(27)26-9-5-8-25(10-11-26)16-7-6-14(20)13-21-16/h6-7,12-13H,5,8-11,20H2,1-4H3,(H,22,27). The predicted molar refractivity (Wildman–Crippen MR) is 108 cm³/mol. The van der Waals surface area contributed by atoms with E-state index in [4.69, 9.17) is 5.73 Å². The zero-order chi connectivity index (χ0) is 19.6. The maximum atomic E-state index is 12.7. The Morgan fingerprint density at radius 3 is 2.59 bits per heavy atom. The number of carbonyl (C=O) groups excluding carboxylic acids is 1. The average molecular weight is 371 g/mol. The van der Waals surface area contributed by atoms with E-state index in [9.17, 15) is 4.79 Å². The molecule has 1 fully saturated rings. The van der Waals surface area contributed by atoms with E-state index in [1.165, 1.54) is 0 Å². The first-order valence-electron chi connectivity index (χ1n) is 9.31. The molecular formula is C19H29N7O. The molecule has 3 N–H and O–H groups in total. The second-order valence-electron chi connectivity index (χ2n) is 8.00. The van der Waals surface area contributed by atoms with Gasteiger partial charge in [-0.2, -0.15) is 5.10 Å². The van der Waals surface area contributed by atoms with Gasteiger partial charge in [0.25, 0.3) is 0 Å². The van der Waals surface area contributed by atoms with Crippen molar-refractivity contribution in [3.8, 4) is 0 Å². The van der Waals surface area contributed by atoms with E-state index >= 15 is 0 Å². The van der Waals surface area contributed by atoms with Crippen molar-refractivity contribution in [2.24, 2.45) is 7.05 Å². The Hall–Kier alpha value is -2.77. The van der Waals surface area contributed by atoms with E-state index in [0.29, 0.717) is 24.6 Å².